The highest BCUT2D eigenvalue weighted by Gasteiger charge is 2.16. The predicted molar refractivity (Wildman–Crippen MR) is 80.9 cm³/mol. The van der Waals surface area contributed by atoms with Crippen LogP contribution in [-0.4, -0.2) is 0 Å². The number of alkyl halides is 1. The topological polar surface area (TPSA) is 13.1 Å². The average molecular weight is 277 g/mol. The first kappa shape index (κ1) is 14.2. The Kier molecular flexibility index (Phi) is 4.71. The second-order valence-electron chi connectivity index (χ2n) is 4.99. The van der Waals surface area contributed by atoms with E-state index in [1.165, 1.54) is 5.56 Å². The fraction of sp³-hybridized carbons (Fsp3) is 0.412. The zero-order chi connectivity index (χ0) is 13.8. The number of furan rings is 1. The second-order valence-corrected chi connectivity index (χ2v) is 5.43. The first-order valence-corrected chi connectivity index (χ1v) is 7.41. The summed E-state index contributed by atoms with van der Waals surface area (Å²) in [6.45, 7) is 6.54. The molecule has 1 heterocycles. The van der Waals surface area contributed by atoms with Crippen LogP contribution in [0.3, 0.4) is 0 Å². The van der Waals surface area contributed by atoms with E-state index >= 15 is 0 Å². The molecule has 0 radical (unpaired) electrons. The van der Waals surface area contributed by atoms with Crippen molar-refractivity contribution < 1.29 is 4.42 Å². The molecule has 102 valence electrons. The lowest BCUT2D eigenvalue weighted by Gasteiger charge is -2.13. The lowest BCUT2D eigenvalue weighted by molar-refractivity contribution is 0.512. The van der Waals surface area contributed by atoms with Gasteiger partial charge in [0.25, 0.3) is 0 Å². The maximum Gasteiger partial charge on any atom is 0.108 e. The number of halogens is 1. The molecule has 2 atom stereocenters. The summed E-state index contributed by atoms with van der Waals surface area (Å²) in [7, 11) is 0. The number of hydrogen-bond acceptors (Lipinski definition) is 1. The Balaban J connectivity index is 2.22. The standard InChI is InChI=1S/C17H21ClO/c1-4-12(3)13-6-8-14(9-7-13)17(18)15-10-11-19-16(15)5-2/h6-12,17H,4-5H2,1-3H3. The molecule has 0 N–H and O–H groups in total. The SMILES string of the molecule is CCc1occc1C(Cl)c1ccc(C(C)CC)cc1. The van der Waals surface area contributed by atoms with E-state index in [0.29, 0.717) is 5.92 Å². The van der Waals surface area contributed by atoms with Crippen LogP contribution in [0.4, 0.5) is 0 Å². The fourth-order valence-electron chi connectivity index (χ4n) is 2.27. The number of hydrogen-bond donors (Lipinski definition) is 0. The van der Waals surface area contributed by atoms with Gasteiger partial charge in [-0.3, -0.25) is 0 Å². The summed E-state index contributed by atoms with van der Waals surface area (Å²) in [5.41, 5.74) is 3.59. The summed E-state index contributed by atoms with van der Waals surface area (Å²) in [6, 6.07) is 10.6. The average Bonchev–Trinajstić information content (AvgIpc) is 2.94. The van der Waals surface area contributed by atoms with Crippen molar-refractivity contribution in [1.82, 2.24) is 0 Å². The van der Waals surface area contributed by atoms with Crippen LogP contribution < -0.4 is 0 Å². The molecule has 2 heteroatoms. The van der Waals surface area contributed by atoms with Gasteiger partial charge in [0.15, 0.2) is 0 Å². The van der Waals surface area contributed by atoms with E-state index in [2.05, 4.69) is 45.0 Å². The number of rotatable bonds is 5. The number of aryl methyl sites for hydroxylation is 1. The van der Waals surface area contributed by atoms with Crippen LogP contribution in [0.25, 0.3) is 0 Å². The molecule has 19 heavy (non-hydrogen) atoms. The van der Waals surface area contributed by atoms with Crippen molar-refractivity contribution >= 4 is 11.6 Å². The second kappa shape index (κ2) is 6.29. The highest BCUT2D eigenvalue weighted by Crippen LogP contribution is 2.33. The summed E-state index contributed by atoms with van der Waals surface area (Å²) in [6.07, 6.45) is 3.75. The summed E-state index contributed by atoms with van der Waals surface area (Å²) in [5, 5.41) is -0.125. The molecule has 0 bridgehead atoms. The van der Waals surface area contributed by atoms with Crippen molar-refractivity contribution in [3.8, 4) is 0 Å². The minimum Gasteiger partial charge on any atom is -0.469 e. The summed E-state index contributed by atoms with van der Waals surface area (Å²) in [5.74, 6) is 1.58. The van der Waals surface area contributed by atoms with Crippen molar-refractivity contribution in [2.75, 3.05) is 0 Å². The first-order valence-electron chi connectivity index (χ1n) is 6.97. The van der Waals surface area contributed by atoms with E-state index < -0.39 is 0 Å². The minimum atomic E-state index is -0.125. The Labute approximate surface area is 120 Å². The zero-order valence-corrected chi connectivity index (χ0v) is 12.6. The molecule has 2 rings (SSSR count). The van der Waals surface area contributed by atoms with Gasteiger partial charge in [0.2, 0.25) is 0 Å². The van der Waals surface area contributed by atoms with Crippen LogP contribution in [0, 0.1) is 0 Å². The van der Waals surface area contributed by atoms with E-state index in [1.54, 1.807) is 6.26 Å². The Morgan fingerprint density at radius 3 is 2.26 bits per heavy atom. The molecule has 0 fully saturated rings. The zero-order valence-electron chi connectivity index (χ0n) is 11.8. The van der Waals surface area contributed by atoms with Gasteiger partial charge < -0.3 is 4.42 Å². The largest absolute Gasteiger partial charge is 0.469 e. The van der Waals surface area contributed by atoms with Crippen LogP contribution in [-0.2, 0) is 6.42 Å². The van der Waals surface area contributed by atoms with Crippen molar-refractivity contribution in [2.24, 2.45) is 0 Å². The molecular weight excluding hydrogens is 256 g/mol. The number of benzene rings is 1. The van der Waals surface area contributed by atoms with Gasteiger partial charge in [0, 0.05) is 12.0 Å². The third-order valence-electron chi connectivity index (χ3n) is 3.78. The fourth-order valence-corrected chi connectivity index (χ4v) is 2.61. The van der Waals surface area contributed by atoms with Gasteiger partial charge in [-0.05, 0) is 29.5 Å². The molecule has 0 aliphatic rings. The van der Waals surface area contributed by atoms with Gasteiger partial charge in [-0.25, -0.2) is 0 Å². The van der Waals surface area contributed by atoms with Gasteiger partial charge in [-0.15, -0.1) is 11.6 Å². The lowest BCUT2D eigenvalue weighted by atomic mass is 9.96. The Hall–Kier alpha value is -1.21. The van der Waals surface area contributed by atoms with Gasteiger partial charge in [-0.2, -0.15) is 0 Å². The van der Waals surface area contributed by atoms with Crippen LogP contribution in [0.15, 0.2) is 41.0 Å². The Morgan fingerprint density at radius 1 is 1.05 bits per heavy atom. The van der Waals surface area contributed by atoms with E-state index in [-0.39, 0.29) is 5.38 Å². The van der Waals surface area contributed by atoms with E-state index in [1.807, 2.05) is 6.07 Å². The van der Waals surface area contributed by atoms with E-state index in [9.17, 15) is 0 Å². The quantitative estimate of drug-likeness (QED) is 0.640. The molecule has 0 saturated carbocycles. The lowest BCUT2D eigenvalue weighted by Crippen LogP contribution is -1.97. The van der Waals surface area contributed by atoms with E-state index in [4.69, 9.17) is 16.0 Å². The minimum absolute atomic E-state index is 0.125. The van der Waals surface area contributed by atoms with Crippen LogP contribution in [0.2, 0.25) is 0 Å². The van der Waals surface area contributed by atoms with Crippen LogP contribution in [0.5, 0.6) is 0 Å². The van der Waals surface area contributed by atoms with Gasteiger partial charge >= 0.3 is 0 Å². The predicted octanol–water partition coefficient (Wildman–Crippen LogP) is 5.68. The third-order valence-corrected chi connectivity index (χ3v) is 4.27. The van der Waals surface area contributed by atoms with Gasteiger partial charge in [0.1, 0.15) is 5.76 Å². The van der Waals surface area contributed by atoms with Crippen LogP contribution >= 0.6 is 11.6 Å². The molecule has 1 aromatic heterocycles. The molecule has 1 aromatic carbocycles. The van der Waals surface area contributed by atoms with Crippen molar-refractivity contribution in [3.05, 3.63) is 59.0 Å². The molecule has 1 nitrogen and oxygen atoms in total. The van der Waals surface area contributed by atoms with Crippen molar-refractivity contribution in [3.63, 3.8) is 0 Å². The highest BCUT2D eigenvalue weighted by atomic mass is 35.5. The summed E-state index contributed by atoms with van der Waals surface area (Å²) >= 11 is 6.56. The highest BCUT2D eigenvalue weighted by molar-refractivity contribution is 6.22. The summed E-state index contributed by atoms with van der Waals surface area (Å²) < 4.78 is 5.45. The molecule has 0 aliphatic heterocycles. The molecule has 0 spiro atoms. The van der Waals surface area contributed by atoms with E-state index in [0.717, 1.165) is 29.7 Å². The smallest absolute Gasteiger partial charge is 0.108 e. The third kappa shape index (κ3) is 3.03. The van der Waals surface area contributed by atoms with Gasteiger partial charge in [-0.1, -0.05) is 45.0 Å². The maximum absolute atomic E-state index is 6.56. The maximum atomic E-state index is 6.56. The Bertz CT molecular complexity index is 512. The molecule has 0 amide bonds. The molecule has 0 aliphatic carbocycles. The van der Waals surface area contributed by atoms with Crippen LogP contribution in [0.1, 0.15) is 60.9 Å². The van der Waals surface area contributed by atoms with Gasteiger partial charge in [0.05, 0.1) is 11.6 Å². The summed E-state index contributed by atoms with van der Waals surface area (Å²) in [4.78, 5) is 0. The molecular formula is C17H21ClO. The monoisotopic (exact) mass is 276 g/mol. The normalized spacial score (nSPS) is 14.3. The molecule has 0 saturated heterocycles. The Morgan fingerprint density at radius 2 is 1.68 bits per heavy atom. The molecule has 2 unspecified atom stereocenters. The molecule has 2 aromatic rings. The van der Waals surface area contributed by atoms with Crippen molar-refractivity contribution in [1.29, 1.82) is 0 Å². The first-order chi connectivity index (χ1) is 9.17. The van der Waals surface area contributed by atoms with Crippen molar-refractivity contribution in [2.45, 2.75) is 44.9 Å².